The SMILES string of the molecule is CC(C)(C)NC(=O)NCCc1scnc1-c1ccccc1. The smallest absolute Gasteiger partial charge is 0.315 e. The van der Waals surface area contributed by atoms with Crippen LogP contribution in [-0.4, -0.2) is 23.1 Å². The first kappa shape index (κ1) is 15.5. The summed E-state index contributed by atoms with van der Waals surface area (Å²) in [5, 5.41) is 5.77. The number of hydrogen-bond acceptors (Lipinski definition) is 3. The number of amides is 2. The zero-order valence-corrected chi connectivity index (χ0v) is 13.5. The number of thiazole rings is 1. The summed E-state index contributed by atoms with van der Waals surface area (Å²) < 4.78 is 0. The monoisotopic (exact) mass is 303 g/mol. The van der Waals surface area contributed by atoms with Gasteiger partial charge in [0.25, 0.3) is 0 Å². The number of urea groups is 1. The number of carbonyl (C=O) groups excluding carboxylic acids is 1. The minimum absolute atomic E-state index is 0.131. The average Bonchev–Trinajstić information content (AvgIpc) is 2.86. The summed E-state index contributed by atoms with van der Waals surface area (Å²) in [5.41, 5.74) is 3.77. The zero-order chi connectivity index (χ0) is 15.3. The topological polar surface area (TPSA) is 54.0 Å². The van der Waals surface area contributed by atoms with E-state index in [1.807, 2.05) is 44.5 Å². The summed E-state index contributed by atoms with van der Waals surface area (Å²) in [7, 11) is 0. The van der Waals surface area contributed by atoms with E-state index in [0.29, 0.717) is 6.54 Å². The van der Waals surface area contributed by atoms with Crippen molar-refractivity contribution in [3.63, 3.8) is 0 Å². The van der Waals surface area contributed by atoms with E-state index in [9.17, 15) is 4.79 Å². The molecule has 2 aromatic rings. The average molecular weight is 303 g/mol. The van der Waals surface area contributed by atoms with Crippen LogP contribution in [-0.2, 0) is 6.42 Å². The number of nitrogens with one attached hydrogen (secondary N) is 2. The Morgan fingerprint density at radius 1 is 1.24 bits per heavy atom. The van der Waals surface area contributed by atoms with E-state index in [0.717, 1.165) is 17.7 Å². The van der Waals surface area contributed by atoms with Crippen LogP contribution in [0.5, 0.6) is 0 Å². The predicted octanol–water partition coefficient (Wildman–Crippen LogP) is 3.45. The predicted molar refractivity (Wildman–Crippen MR) is 87.5 cm³/mol. The first-order valence-electron chi connectivity index (χ1n) is 6.99. The summed E-state index contributed by atoms with van der Waals surface area (Å²) in [6.07, 6.45) is 0.784. The molecule has 0 saturated heterocycles. The Bertz CT molecular complexity index is 587. The molecule has 2 N–H and O–H groups in total. The Morgan fingerprint density at radius 3 is 2.62 bits per heavy atom. The van der Waals surface area contributed by atoms with Gasteiger partial charge < -0.3 is 10.6 Å². The van der Waals surface area contributed by atoms with Crippen LogP contribution in [0.4, 0.5) is 4.79 Å². The summed E-state index contributed by atoms with van der Waals surface area (Å²) >= 11 is 1.63. The Labute approximate surface area is 129 Å². The van der Waals surface area contributed by atoms with Gasteiger partial charge in [0.2, 0.25) is 0 Å². The van der Waals surface area contributed by atoms with Gasteiger partial charge in [-0.1, -0.05) is 30.3 Å². The molecule has 0 aliphatic rings. The number of carbonyl (C=O) groups is 1. The van der Waals surface area contributed by atoms with Gasteiger partial charge in [-0.2, -0.15) is 0 Å². The maximum Gasteiger partial charge on any atom is 0.315 e. The molecule has 21 heavy (non-hydrogen) atoms. The van der Waals surface area contributed by atoms with Gasteiger partial charge in [-0.3, -0.25) is 0 Å². The van der Waals surface area contributed by atoms with Crippen LogP contribution in [0.25, 0.3) is 11.3 Å². The number of nitrogens with zero attached hydrogens (tertiary/aromatic N) is 1. The maximum absolute atomic E-state index is 11.7. The van der Waals surface area contributed by atoms with Gasteiger partial charge in [0.1, 0.15) is 0 Å². The van der Waals surface area contributed by atoms with Crippen LogP contribution in [0.1, 0.15) is 25.6 Å². The van der Waals surface area contributed by atoms with E-state index in [1.54, 1.807) is 11.3 Å². The number of rotatable bonds is 4. The van der Waals surface area contributed by atoms with Gasteiger partial charge in [0.15, 0.2) is 0 Å². The van der Waals surface area contributed by atoms with Crippen molar-refractivity contribution in [2.24, 2.45) is 0 Å². The number of benzene rings is 1. The lowest BCUT2D eigenvalue weighted by Crippen LogP contribution is -2.46. The first-order chi connectivity index (χ1) is 9.96. The Balaban J connectivity index is 1.91. The maximum atomic E-state index is 11.7. The van der Waals surface area contributed by atoms with Crippen LogP contribution >= 0.6 is 11.3 Å². The summed E-state index contributed by atoms with van der Waals surface area (Å²) in [6.45, 7) is 6.49. The van der Waals surface area contributed by atoms with E-state index in [2.05, 4.69) is 27.8 Å². The number of hydrogen-bond donors (Lipinski definition) is 2. The Kier molecular flexibility index (Phi) is 4.96. The van der Waals surface area contributed by atoms with Crippen molar-refractivity contribution < 1.29 is 4.79 Å². The van der Waals surface area contributed by atoms with Crippen LogP contribution in [0.15, 0.2) is 35.8 Å². The molecule has 0 atom stereocenters. The molecule has 0 saturated carbocycles. The van der Waals surface area contributed by atoms with E-state index >= 15 is 0 Å². The molecule has 0 fully saturated rings. The number of aromatic nitrogens is 1. The standard InChI is InChI=1S/C16H21N3OS/c1-16(2,3)19-15(20)17-10-9-13-14(18-11-21-13)12-7-5-4-6-8-12/h4-8,11H,9-10H2,1-3H3,(H2,17,19,20). The van der Waals surface area contributed by atoms with Gasteiger partial charge in [-0.05, 0) is 20.8 Å². The molecule has 1 aromatic heterocycles. The van der Waals surface area contributed by atoms with Gasteiger partial charge in [0.05, 0.1) is 11.2 Å². The molecule has 5 heteroatoms. The molecule has 2 amide bonds. The second-order valence-electron chi connectivity index (χ2n) is 5.87. The van der Waals surface area contributed by atoms with E-state index in [-0.39, 0.29) is 11.6 Å². The van der Waals surface area contributed by atoms with Gasteiger partial charge in [0, 0.05) is 28.9 Å². The summed E-state index contributed by atoms with van der Waals surface area (Å²) in [4.78, 5) is 17.3. The molecule has 112 valence electrons. The molecule has 1 heterocycles. The highest BCUT2D eigenvalue weighted by molar-refractivity contribution is 7.10. The minimum Gasteiger partial charge on any atom is -0.338 e. The fourth-order valence-electron chi connectivity index (χ4n) is 1.95. The van der Waals surface area contributed by atoms with Crippen molar-refractivity contribution in [3.8, 4) is 11.3 Å². The van der Waals surface area contributed by atoms with Crippen molar-refractivity contribution in [2.45, 2.75) is 32.7 Å². The van der Waals surface area contributed by atoms with Gasteiger partial charge >= 0.3 is 6.03 Å². The summed E-state index contributed by atoms with van der Waals surface area (Å²) in [5.74, 6) is 0. The fraction of sp³-hybridized carbons (Fsp3) is 0.375. The van der Waals surface area contributed by atoms with E-state index in [4.69, 9.17) is 0 Å². The molecule has 1 aromatic carbocycles. The van der Waals surface area contributed by atoms with Gasteiger partial charge in [-0.25, -0.2) is 9.78 Å². The van der Waals surface area contributed by atoms with Crippen molar-refractivity contribution in [3.05, 3.63) is 40.7 Å². The highest BCUT2D eigenvalue weighted by atomic mass is 32.1. The second-order valence-corrected chi connectivity index (χ2v) is 6.81. The molecular formula is C16H21N3OS. The molecule has 0 aliphatic heterocycles. The van der Waals surface area contributed by atoms with Crippen LogP contribution < -0.4 is 10.6 Å². The largest absolute Gasteiger partial charge is 0.338 e. The van der Waals surface area contributed by atoms with E-state index < -0.39 is 0 Å². The third kappa shape index (κ3) is 4.86. The van der Waals surface area contributed by atoms with Crippen LogP contribution in [0.2, 0.25) is 0 Å². The van der Waals surface area contributed by atoms with Gasteiger partial charge in [-0.15, -0.1) is 11.3 Å². The molecule has 4 nitrogen and oxygen atoms in total. The normalized spacial score (nSPS) is 11.2. The second kappa shape index (κ2) is 6.72. The summed E-state index contributed by atoms with van der Waals surface area (Å²) in [6, 6.07) is 9.99. The van der Waals surface area contributed by atoms with Crippen molar-refractivity contribution in [1.29, 1.82) is 0 Å². The van der Waals surface area contributed by atoms with Crippen LogP contribution in [0, 0.1) is 0 Å². The lowest BCUT2D eigenvalue weighted by molar-refractivity contribution is 0.232. The van der Waals surface area contributed by atoms with Crippen LogP contribution in [0.3, 0.4) is 0 Å². The third-order valence-corrected chi connectivity index (χ3v) is 3.71. The molecule has 0 unspecified atom stereocenters. The first-order valence-corrected chi connectivity index (χ1v) is 7.87. The fourth-order valence-corrected chi connectivity index (χ4v) is 2.74. The van der Waals surface area contributed by atoms with Crippen molar-refractivity contribution in [2.75, 3.05) is 6.54 Å². The Morgan fingerprint density at radius 2 is 1.95 bits per heavy atom. The zero-order valence-electron chi connectivity index (χ0n) is 12.6. The van der Waals surface area contributed by atoms with Crippen molar-refractivity contribution in [1.82, 2.24) is 15.6 Å². The lowest BCUT2D eigenvalue weighted by atomic mass is 10.1. The lowest BCUT2D eigenvalue weighted by Gasteiger charge is -2.20. The third-order valence-electron chi connectivity index (χ3n) is 2.81. The van der Waals surface area contributed by atoms with Crippen molar-refractivity contribution >= 4 is 17.4 Å². The van der Waals surface area contributed by atoms with E-state index in [1.165, 1.54) is 4.88 Å². The molecule has 0 bridgehead atoms. The highest BCUT2D eigenvalue weighted by Gasteiger charge is 2.13. The molecule has 2 rings (SSSR count). The quantitative estimate of drug-likeness (QED) is 0.909. The molecule has 0 spiro atoms. The minimum atomic E-state index is -0.218. The highest BCUT2D eigenvalue weighted by Crippen LogP contribution is 2.25. The molecular weight excluding hydrogens is 282 g/mol. The Hall–Kier alpha value is -1.88. The molecule has 0 aliphatic carbocycles. The molecule has 0 radical (unpaired) electrons.